The second-order valence-electron chi connectivity index (χ2n) is 3.58. The zero-order valence-corrected chi connectivity index (χ0v) is 8.88. The van der Waals surface area contributed by atoms with E-state index in [4.69, 9.17) is 5.80 Å². The minimum atomic E-state index is -1.66. The first-order chi connectivity index (χ1) is 5.88. The zero-order chi connectivity index (χ0) is 10.1. The van der Waals surface area contributed by atoms with Crippen molar-refractivity contribution in [3.8, 4) is 5.88 Å². The molecule has 1 heterocycles. The summed E-state index contributed by atoms with van der Waals surface area (Å²) in [6.45, 7) is 7.97. The smallest absolute Gasteiger partial charge is 0.244 e. The molecule has 66 valence electrons. The summed E-state index contributed by atoms with van der Waals surface area (Å²) in [6.07, 6.45) is 1.47. The molecule has 0 N–H and O–H groups in total. The molecule has 0 unspecified atom stereocenters. The first kappa shape index (κ1) is 7.73. The van der Waals surface area contributed by atoms with Crippen LogP contribution in [0, 0.1) is 6.92 Å². The quantitative estimate of drug-likeness (QED) is 0.658. The minimum Gasteiger partial charge on any atom is -0.531 e. The lowest BCUT2D eigenvalue weighted by Gasteiger charge is -2.17. The van der Waals surface area contributed by atoms with Crippen LogP contribution < -0.4 is 4.43 Å². The fourth-order valence-electron chi connectivity index (χ4n) is 0.731. The van der Waals surface area contributed by atoms with E-state index in [1.807, 2.05) is 0 Å². The Labute approximate surface area is 75.4 Å². The van der Waals surface area contributed by atoms with Gasteiger partial charge in [0.1, 0.15) is 5.82 Å². The molecule has 0 fully saturated rings. The van der Waals surface area contributed by atoms with Crippen LogP contribution in [0.2, 0.25) is 19.6 Å². The Morgan fingerprint density at radius 1 is 1.50 bits per heavy atom. The molecule has 0 aromatic carbocycles. The second kappa shape index (κ2) is 3.22. The van der Waals surface area contributed by atoms with Crippen molar-refractivity contribution < 1.29 is 5.80 Å². The van der Waals surface area contributed by atoms with Crippen molar-refractivity contribution >= 4 is 8.32 Å². The van der Waals surface area contributed by atoms with Crippen LogP contribution in [0.1, 0.15) is 7.20 Å². The van der Waals surface area contributed by atoms with Crippen LogP contribution in [0.4, 0.5) is 0 Å². The van der Waals surface area contributed by atoms with Crippen LogP contribution >= 0.6 is 0 Å². The molecule has 0 aliphatic heterocycles. The molecule has 0 saturated carbocycles. The molecule has 12 heavy (non-hydrogen) atoms. The van der Waals surface area contributed by atoms with Crippen LogP contribution in [-0.2, 0) is 0 Å². The average Bonchev–Trinajstić information content (AvgIpc) is 1.94. The van der Waals surface area contributed by atoms with Gasteiger partial charge in [-0.1, -0.05) is 0 Å². The molecule has 0 spiro atoms. The van der Waals surface area contributed by atoms with Gasteiger partial charge < -0.3 is 4.43 Å². The Balaban J connectivity index is 2.94. The van der Waals surface area contributed by atoms with E-state index >= 15 is 0 Å². The molecule has 0 radical (unpaired) electrons. The van der Waals surface area contributed by atoms with Gasteiger partial charge in [-0.2, -0.15) is 4.98 Å². The lowest BCUT2D eigenvalue weighted by molar-refractivity contribution is 0.529. The van der Waals surface area contributed by atoms with Crippen molar-refractivity contribution in [2.75, 3.05) is 0 Å². The van der Waals surface area contributed by atoms with Crippen molar-refractivity contribution in [3.05, 3.63) is 18.1 Å². The second-order valence-corrected chi connectivity index (χ2v) is 8.01. The summed E-state index contributed by atoms with van der Waals surface area (Å²) in [6, 6.07) is 0.257. The van der Waals surface area contributed by atoms with E-state index in [9.17, 15) is 0 Å². The monoisotopic (exact) mass is 183 g/mol. The predicted octanol–water partition coefficient (Wildman–Crippen LogP) is 2.00. The Morgan fingerprint density at radius 2 is 2.17 bits per heavy atom. The van der Waals surface area contributed by atoms with Gasteiger partial charge in [-0.05, 0) is 26.6 Å². The van der Waals surface area contributed by atoms with Crippen LogP contribution in [-0.4, -0.2) is 18.3 Å². The molecule has 0 bridgehead atoms. The highest BCUT2D eigenvalue weighted by atomic mass is 28.4. The largest absolute Gasteiger partial charge is 0.531 e. The molecule has 0 aliphatic carbocycles. The number of nitrogens with zero attached hydrogens (tertiary/aromatic N) is 2. The number of aryl methyl sites for hydroxylation is 1. The van der Waals surface area contributed by atoms with Crippen LogP contribution in [0.3, 0.4) is 0 Å². The maximum atomic E-state index is 7.52. The highest BCUT2D eigenvalue weighted by Gasteiger charge is 2.16. The Hall–Kier alpha value is -0.903. The molecule has 1 aromatic heterocycles. The van der Waals surface area contributed by atoms with Crippen LogP contribution in [0.15, 0.2) is 12.2 Å². The van der Waals surface area contributed by atoms with E-state index in [1.54, 1.807) is 6.92 Å². The van der Waals surface area contributed by atoms with Crippen LogP contribution in [0.25, 0.3) is 0 Å². The topological polar surface area (TPSA) is 35.0 Å². The lowest BCUT2D eigenvalue weighted by Crippen LogP contribution is -2.29. The average molecular weight is 183 g/mol. The van der Waals surface area contributed by atoms with E-state index in [-0.39, 0.29) is 6.04 Å². The van der Waals surface area contributed by atoms with E-state index in [1.165, 1.54) is 6.20 Å². The third-order valence-corrected chi connectivity index (χ3v) is 1.91. The fourth-order valence-corrected chi connectivity index (χ4v) is 1.42. The third kappa shape index (κ3) is 3.00. The van der Waals surface area contributed by atoms with Gasteiger partial charge in [0.2, 0.25) is 14.2 Å². The van der Waals surface area contributed by atoms with Gasteiger partial charge in [0.05, 0.1) is 1.37 Å². The summed E-state index contributed by atoms with van der Waals surface area (Å²) in [5.74, 6) is 1.05. The maximum Gasteiger partial charge on any atom is 0.244 e. The van der Waals surface area contributed by atoms with Crippen molar-refractivity contribution in [2.24, 2.45) is 0 Å². The van der Waals surface area contributed by atoms with Gasteiger partial charge in [-0.3, -0.25) is 0 Å². The van der Waals surface area contributed by atoms with Crippen molar-refractivity contribution in [2.45, 2.75) is 26.6 Å². The van der Waals surface area contributed by atoms with E-state index in [0.29, 0.717) is 11.7 Å². The summed E-state index contributed by atoms with van der Waals surface area (Å²) in [4.78, 5) is 7.98. The Kier molecular flexibility index (Phi) is 2.08. The first-order valence-electron chi connectivity index (χ1n) is 4.38. The number of aromatic nitrogens is 2. The number of rotatable bonds is 2. The molecule has 0 amide bonds. The van der Waals surface area contributed by atoms with Crippen LogP contribution in [0.5, 0.6) is 5.88 Å². The van der Waals surface area contributed by atoms with Gasteiger partial charge in [0, 0.05) is 12.2 Å². The van der Waals surface area contributed by atoms with E-state index < -0.39 is 8.32 Å². The molecule has 1 aromatic rings. The highest BCUT2D eigenvalue weighted by Crippen LogP contribution is 2.11. The van der Waals surface area contributed by atoms with Gasteiger partial charge in [0.25, 0.3) is 0 Å². The highest BCUT2D eigenvalue weighted by molar-refractivity contribution is 6.70. The Bertz CT molecular complexity index is 312. The summed E-state index contributed by atoms with van der Waals surface area (Å²) < 4.78 is 13.1. The molecule has 3 nitrogen and oxygen atoms in total. The molecule has 0 atom stereocenters. The maximum absolute atomic E-state index is 7.52. The minimum absolute atomic E-state index is 0.257. The van der Waals surface area contributed by atoms with Gasteiger partial charge in [0.15, 0.2) is 0 Å². The van der Waals surface area contributed by atoms with Crippen molar-refractivity contribution in [3.63, 3.8) is 0 Å². The molecular weight excluding hydrogens is 168 g/mol. The summed E-state index contributed by atoms with van der Waals surface area (Å²) in [5, 5.41) is 0. The first-order valence-corrected chi connectivity index (χ1v) is 7.28. The zero-order valence-electron chi connectivity index (χ0n) is 8.88. The van der Waals surface area contributed by atoms with Crippen molar-refractivity contribution in [1.82, 2.24) is 9.97 Å². The van der Waals surface area contributed by atoms with Gasteiger partial charge >= 0.3 is 0 Å². The third-order valence-electron chi connectivity index (χ3n) is 1.11. The molecular formula is C8H14N2OSi. The lowest BCUT2D eigenvalue weighted by atomic mass is 10.6. The summed E-state index contributed by atoms with van der Waals surface area (Å²) in [7, 11) is -1.66. The van der Waals surface area contributed by atoms with Gasteiger partial charge in [-0.25, -0.2) is 4.98 Å². The van der Waals surface area contributed by atoms with E-state index in [0.717, 1.165) is 0 Å². The summed E-state index contributed by atoms with van der Waals surface area (Å²) in [5.41, 5.74) is 0. The molecule has 4 heteroatoms. The molecule has 0 aliphatic rings. The van der Waals surface area contributed by atoms with E-state index in [2.05, 4.69) is 29.6 Å². The fraction of sp³-hybridized carbons (Fsp3) is 0.500. The summed E-state index contributed by atoms with van der Waals surface area (Å²) >= 11 is 0. The number of hydrogen-bond acceptors (Lipinski definition) is 3. The van der Waals surface area contributed by atoms with Crippen molar-refractivity contribution in [1.29, 1.82) is 0 Å². The molecule has 1 rings (SSSR count). The number of hydrogen-bond donors (Lipinski definition) is 0. The van der Waals surface area contributed by atoms with Gasteiger partial charge in [-0.15, -0.1) is 0 Å². The predicted molar refractivity (Wildman–Crippen MR) is 50.7 cm³/mol. The SMILES string of the molecule is [2H]c1cnc(C)nc1O[Si](C)(C)C. The molecule has 0 saturated heterocycles. The standard InChI is InChI=1S/C8H14N2OSi/c1-7-9-6-5-8(10-7)11-12(2,3)4/h5-6H,1-4H3/i5D. The normalized spacial score (nSPS) is 12.5. The Morgan fingerprint density at radius 3 is 2.75 bits per heavy atom.